The van der Waals surface area contributed by atoms with E-state index in [1.165, 1.54) is 0 Å². The lowest BCUT2D eigenvalue weighted by Gasteiger charge is -2.34. The molecule has 10 heteroatoms. The molecule has 1 aromatic heterocycles. The summed E-state index contributed by atoms with van der Waals surface area (Å²) >= 11 is 0. The number of alkyl halides is 3. The van der Waals surface area contributed by atoms with Crippen molar-refractivity contribution < 1.29 is 22.8 Å². The number of piperidine rings is 1. The Bertz CT molecular complexity index is 945. The van der Waals surface area contributed by atoms with Crippen molar-refractivity contribution in [3.63, 3.8) is 0 Å². The first kappa shape index (κ1) is 24.6. The van der Waals surface area contributed by atoms with Crippen molar-refractivity contribution in [1.82, 2.24) is 19.8 Å². The molecule has 7 nitrogen and oxygen atoms in total. The largest absolute Gasteiger partial charge is 0.433 e. The molecule has 1 aliphatic carbocycles. The van der Waals surface area contributed by atoms with Crippen LogP contribution in [0.2, 0.25) is 0 Å². The summed E-state index contributed by atoms with van der Waals surface area (Å²) in [5.74, 6) is 0.434. The van der Waals surface area contributed by atoms with Gasteiger partial charge in [0.05, 0.1) is 24.7 Å². The minimum absolute atomic E-state index is 0.0308. The van der Waals surface area contributed by atoms with Gasteiger partial charge in [-0.1, -0.05) is 19.8 Å². The second kappa shape index (κ2) is 10.00. The maximum Gasteiger partial charge on any atom is 0.433 e. The van der Waals surface area contributed by atoms with E-state index in [4.69, 9.17) is 0 Å². The van der Waals surface area contributed by atoms with Crippen LogP contribution in [0.1, 0.15) is 80.6 Å². The van der Waals surface area contributed by atoms with E-state index in [0.717, 1.165) is 32.1 Å². The van der Waals surface area contributed by atoms with Gasteiger partial charge in [-0.2, -0.15) is 13.2 Å². The second-order valence-electron chi connectivity index (χ2n) is 9.88. The van der Waals surface area contributed by atoms with Gasteiger partial charge < -0.3 is 9.80 Å². The fourth-order valence-corrected chi connectivity index (χ4v) is 5.31. The molecule has 0 N–H and O–H groups in total. The molecule has 2 fully saturated rings. The van der Waals surface area contributed by atoms with E-state index in [1.807, 2.05) is 0 Å². The first-order chi connectivity index (χ1) is 16.2. The number of carbonyl (C=O) groups excluding carboxylic acids is 2. The molecular formula is C24H32F3N5O2. The lowest BCUT2D eigenvalue weighted by molar-refractivity contribution is -0.142. The number of hydrogen-bond donors (Lipinski definition) is 0. The van der Waals surface area contributed by atoms with Crippen LogP contribution in [0.25, 0.3) is 0 Å². The molecule has 0 unspecified atom stereocenters. The van der Waals surface area contributed by atoms with Crippen molar-refractivity contribution in [3.05, 3.63) is 22.8 Å². The predicted octanol–water partition coefficient (Wildman–Crippen LogP) is 3.76. The molecule has 1 saturated heterocycles. The number of aromatic nitrogens is 2. The van der Waals surface area contributed by atoms with Gasteiger partial charge in [-0.15, -0.1) is 0 Å². The maximum atomic E-state index is 13.8. The van der Waals surface area contributed by atoms with Gasteiger partial charge in [0.25, 0.3) is 0 Å². The molecule has 3 heterocycles. The van der Waals surface area contributed by atoms with Crippen molar-refractivity contribution in [2.45, 2.75) is 83.0 Å². The number of nitrogens with zero attached hydrogens (tertiary/aromatic N) is 5. The molecular weight excluding hydrogens is 447 g/mol. The van der Waals surface area contributed by atoms with Gasteiger partial charge in [-0.25, -0.2) is 9.97 Å². The van der Waals surface area contributed by atoms with Gasteiger partial charge >= 0.3 is 6.18 Å². The van der Waals surface area contributed by atoms with Gasteiger partial charge in [0.15, 0.2) is 5.69 Å². The average molecular weight is 480 g/mol. The number of aliphatic imine (C=N–C) groups is 1. The zero-order valence-corrected chi connectivity index (χ0v) is 19.6. The predicted molar refractivity (Wildman–Crippen MR) is 120 cm³/mol. The van der Waals surface area contributed by atoms with Crippen molar-refractivity contribution in [2.24, 2.45) is 10.9 Å². The number of hydrogen-bond acceptors (Lipinski definition) is 5. The fourth-order valence-electron chi connectivity index (χ4n) is 5.31. The molecule has 34 heavy (non-hydrogen) atoms. The Hall–Kier alpha value is -2.52. The zero-order chi connectivity index (χ0) is 24.5. The Morgan fingerprint density at radius 3 is 2.62 bits per heavy atom. The van der Waals surface area contributed by atoms with Gasteiger partial charge in [-0.3, -0.25) is 14.6 Å². The van der Waals surface area contributed by atoms with E-state index < -0.39 is 17.9 Å². The monoisotopic (exact) mass is 479 g/mol. The Morgan fingerprint density at radius 2 is 1.94 bits per heavy atom. The molecule has 1 saturated carbocycles. The van der Waals surface area contributed by atoms with Crippen molar-refractivity contribution in [1.29, 1.82) is 0 Å². The summed E-state index contributed by atoms with van der Waals surface area (Å²) in [6.07, 6.45) is 0.432. The average Bonchev–Trinajstić information content (AvgIpc) is 3.34. The second-order valence-corrected chi connectivity index (χ2v) is 9.88. The minimum atomic E-state index is -4.55. The van der Waals surface area contributed by atoms with Crippen LogP contribution in [0.15, 0.2) is 4.99 Å². The lowest BCUT2D eigenvalue weighted by Crippen LogP contribution is -2.45. The van der Waals surface area contributed by atoms with Crippen molar-refractivity contribution in [3.8, 4) is 0 Å². The number of halogens is 3. The molecule has 1 aromatic rings. The standard InChI is InChI=1S/C24H32F3N5O2/c1-15-7-8-20(33)32(12-15)13-17(28-2)11-21(34)31-10-9-18-19(14-31)29-23(16-5-3-4-6-16)30-22(18)24(25,26)27/h15-17H,2-14H2,1H3/t15-,17+/m1/s1. The normalized spacial score (nSPS) is 22.6. The summed E-state index contributed by atoms with van der Waals surface area (Å²) in [6, 6.07) is -0.451. The first-order valence-corrected chi connectivity index (χ1v) is 12.1. The van der Waals surface area contributed by atoms with Crippen LogP contribution in [0, 0.1) is 5.92 Å². The SMILES string of the molecule is C=N[C@@H](CC(=O)N1CCc2c(nc(C3CCCC3)nc2C(F)(F)F)C1)CN1C[C@H](C)CCC1=O. The highest BCUT2D eigenvalue weighted by atomic mass is 19.4. The molecule has 0 bridgehead atoms. The maximum absolute atomic E-state index is 13.8. The van der Waals surface area contributed by atoms with Crippen LogP contribution in [0.3, 0.4) is 0 Å². The Kier molecular flexibility index (Phi) is 7.23. The van der Waals surface area contributed by atoms with E-state index in [1.54, 1.807) is 9.80 Å². The molecule has 0 aromatic carbocycles. The summed E-state index contributed by atoms with van der Waals surface area (Å²) in [4.78, 5) is 41.1. The minimum Gasteiger partial charge on any atom is -0.340 e. The van der Waals surface area contributed by atoms with Crippen LogP contribution in [-0.2, 0) is 28.7 Å². The van der Waals surface area contributed by atoms with E-state index in [-0.39, 0.29) is 55.1 Å². The third-order valence-corrected chi connectivity index (χ3v) is 7.26. The molecule has 3 aliphatic rings. The topological polar surface area (TPSA) is 78.8 Å². The smallest absolute Gasteiger partial charge is 0.340 e. The highest BCUT2D eigenvalue weighted by molar-refractivity contribution is 5.78. The molecule has 2 amide bonds. The van der Waals surface area contributed by atoms with Gasteiger partial charge in [0.2, 0.25) is 11.8 Å². The van der Waals surface area contributed by atoms with E-state index in [0.29, 0.717) is 31.1 Å². The van der Waals surface area contributed by atoms with Gasteiger partial charge in [-0.05, 0) is 38.3 Å². The van der Waals surface area contributed by atoms with Crippen LogP contribution in [0.5, 0.6) is 0 Å². The van der Waals surface area contributed by atoms with E-state index in [2.05, 4.69) is 28.6 Å². The van der Waals surface area contributed by atoms with Gasteiger partial charge in [0.1, 0.15) is 5.82 Å². The summed E-state index contributed by atoms with van der Waals surface area (Å²) in [7, 11) is 0. The zero-order valence-electron chi connectivity index (χ0n) is 19.6. The summed E-state index contributed by atoms with van der Waals surface area (Å²) in [5, 5.41) is 0. The molecule has 2 aliphatic heterocycles. The van der Waals surface area contributed by atoms with Crippen molar-refractivity contribution in [2.75, 3.05) is 19.6 Å². The summed E-state index contributed by atoms with van der Waals surface area (Å²) < 4.78 is 41.3. The third-order valence-electron chi connectivity index (χ3n) is 7.26. The first-order valence-electron chi connectivity index (χ1n) is 12.1. The van der Waals surface area contributed by atoms with E-state index in [9.17, 15) is 22.8 Å². The van der Waals surface area contributed by atoms with Crippen LogP contribution in [0.4, 0.5) is 13.2 Å². The molecule has 2 atom stereocenters. The Morgan fingerprint density at radius 1 is 1.21 bits per heavy atom. The lowest BCUT2D eigenvalue weighted by atomic mass is 9.98. The Labute approximate surface area is 197 Å². The summed E-state index contributed by atoms with van der Waals surface area (Å²) in [6.45, 7) is 6.85. The van der Waals surface area contributed by atoms with E-state index >= 15 is 0 Å². The molecule has 4 rings (SSSR count). The third kappa shape index (κ3) is 5.41. The highest BCUT2D eigenvalue weighted by Gasteiger charge is 2.40. The quantitative estimate of drug-likeness (QED) is 0.582. The van der Waals surface area contributed by atoms with Crippen molar-refractivity contribution >= 4 is 18.5 Å². The number of amides is 2. The fraction of sp³-hybridized carbons (Fsp3) is 0.708. The Balaban J connectivity index is 1.48. The molecule has 0 radical (unpaired) electrons. The van der Waals surface area contributed by atoms with Gasteiger partial charge in [0, 0.05) is 37.5 Å². The van der Waals surface area contributed by atoms with Crippen LogP contribution < -0.4 is 0 Å². The van der Waals surface area contributed by atoms with Crippen LogP contribution >= 0.6 is 0 Å². The molecule has 0 spiro atoms. The molecule has 186 valence electrons. The highest BCUT2D eigenvalue weighted by Crippen LogP contribution is 2.38. The number of fused-ring (bicyclic) bond motifs is 1. The number of carbonyl (C=O) groups is 2. The summed E-state index contributed by atoms with van der Waals surface area (Å²) in [5.41, 5.74) is -0.452. The number of rotatable bonds is 6. The van der Waals surface area contributed by atoms with Crippen LogP contribution in [-0.4, -0.2) is 64.0 Å². The number of likely N-dealkylation sites (tertiary alicyclic amines) is 1.